The number of rotatable bonds is 37. The molecule has 0 aromatic carbocycles. The van der Waals surface area contributed by atoms with Crippen LogP contribution >= 0.6 is 0 Å². The first-order chi connectivity index (χ1) is 22.8. The predicted molar refractivity (Wildman–Crippen MR) is 203 cm³/mol. The molecule has 0 aromatic heterocycles. The van der Waals surface area contributed by atoms with Crippen molar-refractivity contribution in [3.05, 3.63) is 12.2 Å². The highest BCUT2D eigenvalue weighted by Gasteiger charge is 2.24. The number of aliphatic hydroxyl groups is 1. The number of amides is 1. The van der Waals surface area contributed by atoms with Crippen LogP contribution in [-0.2, 0) is 14.9 Å². The Morgan fingerprint density at radius 3 is 1.21 bits per heavy atom. The fourth-order valence-corrected chi connectivity index (χ4v) is 7.13. The van der Waals surface area contributed by atoms with E-state index in [2.05, 4.69) is 19.2 Å². The van der Waals surface area contributed by atoms with Gasteiger partial charge in [-0.05, 0) is 19.3 Å². The Bertz CT molecular complexity index is 800. The van der Waals surface area contributed by atoms with Crippen molar-refractivity contribution in [2.75, 3.05) is 5.75 Å². The van der Waals surface area contributed by atoms with Gasteiger partial charge in [-0.3, -0.25) is 9.35 Å². The Morgan fingerprint density at radius 1 is 0.553 bits per heavy atom. The van der Waals surface area contributed by atoms with Gasteiger partial charge in [0.2, 0.25) is 5.91 Å². The summed E-state index contributed by atoms with van der Waals surface area (Å²) in [4.78, 5) is 12.5. The zero-order valence-corrected chi connectivity index (χ0v) is 32.0. The van der Waals surface area contributed by atoms with Crippen LogP contribution in [0.2, 0.25) is 0 Å². The smallest absolute Gasteiger partial charge is 0.267 e. The Morgan fingerprint density at radius 2 is 0.872 bits per heavy atom. The lowest BCUT2D eigenvalue weighted by molar-refractivity contribution is -0.122. The van der Waals surface area contributed by atoms with Gasteiger partial charge in [0.1, 0.15) is 0 Å². The summed E-state index contributed by atoms with van der Waals surface area (Å²) < 4.78 is 32.4. The number of carbonyl (C=O) groups is 1. The van der Waals surface area contributed by atoms with E-state index in [1.165, 1.54) is 161 Å². The summed E-state index contributed by atoms with van der Waals surface area (Å²) in [5.74, 6) is -0.967. The molecule has 7 heteroatoms. The van der Waals surface area contributed by atoms with Crippen molar-refractivity contribution in [3.63, 3.8) is 0 Å². The van der Waals surface area contributed by atoms with Crippen LogP contribution in [0.1, 0.15) is 219 Å². The van der Waals surface area contributed by atoms with E-state index in [1.807, 2.05) is 6.08 Å². The van der Waals surface area contributed by atoms with E-state index in [4.69, 9.17) is 0 Å². The van der Waals surface area contributed by atoms with E-state index in [-0.39, 0.29) is 5.91 Å². The average Bonchev–Trinajstić information content (AvgIpc) is 3.03. The first kappa shape index (κ1) is 46.1. The van der Waals surface area contributed by atoms with Gasteiger partial charge in [0, 0.05) is 6.42 Å². The molecule has 47 heavy (non-hydrogen) atoms. The number of aliphatic hydroxyl groups excluding tert-OH is 1. The van der Waals surface area contributed by atoms with Crippen molar-refractivity contribution >= 4 is 16.0 Å². The number of allylic oxidation sites excluding steroid dienone is 1. The number of nitrogens with one attached hydrogen (secondary N) is 1. The summed E-state index contributed by atoms with van der Waals surface area (Å²) >= 11 is 0. The number of carbonyl (C=O) groups excluding carboxylic acids is 1. The SMILES string of the molecule is CCCCCCCCCCCCCCCCC/C=C/C(O)C(CS(=O)(=O)O)NC(=O)CCCCCCCCCCCCCCCCC. The van der Waals surface area contributed by atoms with Crippen LogP contribution in [0, 0.1) is 0 Å². The third kappa shape index (κ3) is 36.2. The molecule has 280 valence electrons. The molecule has 2 unspecified atom stereocenters. The largest absolute Gasteiger partial charge is 0.387 e. The molecule has 0 bridgehead atoms. The summed E-state index contributed by atoms with van der Waals surface area (Å²) in [6, 6.07) is -1.05. The van der Waals surface area contributed by atoms with Crippen molar-refractivity contribution in [1.29, 1.82) is 0 Å². The number of hydrogen-bond acceptors (Lipinski definition) is 4. The number of unbranched alkanes of at least 4 members (excludes halogenated alkanes) is 29. The molecule has 0 saturated heterocycles. The van der Waals surface area contributed by atoms with E-state index in [1.54, 1.807) is 6.08 Å². The van der Waals surface area contributed by atoms with Crippen LogP contribution in [0.5, 0.6) is 0 Å². The normalized spacial score (nSPS) is 13.4. The highest BCUT2D eigenvalue weighted by molar-refractivity contribution is 7.85. The lowest BCUT2D eigenvalue weighted by atomic mass is 10.0. The van der Waals surface area contributed by atoms with Crippen LogP contribution in [0.4, 0.5) is 0 Å². The van der Waals surface area contributed by atoms with Crippen molar-refractivity contribution in [2.45, 2.75) is 231 Å². The predicted octanol–water partition coefficient (Wildman–Crippen LogP) is 11.8. The molecule has 0 aromatic rings. The number of hydrogen-bond donors (Lipinski definition) is 3. The minimum atomic E-state index is -4.34. The molecular weight excluding hydrogens is 607 g/mol. The highest BCUT2D eigenvalue weighted by Crippen LogP contribution is 2.15. The summed E-state index contributed by atoms with van der Waals surface area (Å²) in [7, 11) is -4.34. The van der Waals surface area contributed by atoms with Crippen molar-refractivity contribution in [2.24, 2.45) is 0 Å². The molecule has 0 heterocycles. The lowest BCUT2D eigenvalue weighted by Gasteiger charge is -2.21. The third-order valence-electron chi connectivity index (χ3n) is 9.46. The maximum Gasteiger partial charge on any atom is 0.267 e. The monoisotopic (exact) mass is 686 g/mol. The Kier molecular flexibility index (Phi) is 34.2. The van der Waals surface area contributed by atoms with Gasteiger partial charge < -0.3 is 10.4 Å². The van der Waals surface area contributed by atoms with Gasteiger partial charge in [-0.15, -0.1) is 0 Å². The summed E-state index contributed by atoms with van der Waals surface area (Å²) in [5.41, 5.74) is 0. The van der Waals surface area contributed by atoms with Gasteiger partial charge in [0.15, 0.2) is 0 Å². The first-order valence-corrected chi connectivity index (χ1v) is 22.0. The summed E-state index contributed by atoms with van der Waals surface area (Å²) in [6.07, 6.45) is 41.9. The van der Waals surface area contributed by atoms with E-state index >= 15 is 0 Å². The second-order valence-electron chi connectivity index (χ2n) is 14.3. The fraction of sp³-hybridized carbons (Fsp3) is 0.925. The molecule has 0 aliphatic rings. The highest BCUT2D eigenvalue weighted by atomic mass is 32.2. The molecule has 0 saturated carbocycles. The van der Waals surface area contributed by atoms with E-state index in [0.717, 1.165) is 38.5 Å². The molecule has 0 rings (SSSR count). The Hall–Kier alpha value is -0.920. The van der Waals surface area contributed by atoms with Crippen LogP contribution < -0.4 is 5.32 Å². The van der Waals surface area contributed by atoms with Crippen LogP contribution in [0.25, 0.3) is 0 Å². The maximum atomic E-state index is 12.5. The molecule has 2 atom stereocenters. The van der Waals surface area contributed by atoms with Gasteiger partial charge in [-0.1, -0.05) is 206 Å². The molecule has 6 nitrogen and oxygen atoms in total. The zero-order valence-electron chi connectivity index (χ0n) is 31.2. The van der Waals surface area contributed by atoms with E-state index in [9.17, 15) is 22.9 Å². The van der Waals surface area contributed by atoms with Crippen molar-refractivity contribution in [1.82, 2.24) is 5.32 Å². The van der Waals surface area contributed by atoms with Gasteiger partial charge in [0.25, 0.3) is 10.1 Å². The molecular formula is C40H79NO5S. The van der Waals surface area contributed by atoms with Gasteiger partial charge >= 0.3 is 0 Å². The first-order valence-electron chi connectivity index (χ1n) is 20.4. The van der Waals surface area contributed by atoms with Crippen LogP contribution in [0.3, 0.4) is 0 Å². The van der Waals surface area contributed by atoms with E-state index in [0.29, 0.717) is 6.42 Å². The summed E-state index contributed by atoms with van der Waals surface area (Å²) in [6.45, 7) is 4.53. The molecule has 0 aliphatic heterocycles. The third-order valence-corrected chi connectivity index (χ3v) is 10.2. The molecule has 3 N–H and O–H groups in total. The van der Waals surface area contributed by atoms with Crippen LogP contribution in [-0.4, -0.2) is 41.9 Å². The average molecular weight is 686 g/mol. The maximum absolute atomic E-state index is 12.5. The molecule has 0 aliphatic carbocycles. The van der Waals surface area contributed by atoms with Crippen LogP contribution in [0.15, 0.2) is 12.2 Å². The lowest BCUT2D eigenvalue weighted by Crippen LogP contribution is -2.46. The van der Waals surface area contributed by atoms with E-state index < -0.39 is 28.0 Å². The molecule has 0 fully saturated rings. The Balaban J connectivity index is 3.90. The Labute approximate surface area is 292 Å². The quantitative estimate of drug-likeness (QED) is 0.0343. The zero-order chi connectivity index (χ0) is 34.7. The minimum absolute atomic E-state index is 0.275. The minimum Gasteiger partial charge on any atom is -0.387 e. The second-order valence-corrected chi connectivity index (χ2v) is 15.8. The van der Waals surface area contributed by atoms with Gasteiger partial charge in [0.05, 0.1) is 17.9 Å². The molecule has 0 spiro atoms. The van der Waals surface area contributed by atoms with Gasteiger partial charge in [-0.2, -0.15) is 8.42 Å². The standard InChI is InChI=1S/C40H79NO5S/c1-3-5-7-9-11-13-15-17-19-20-22-23-25-27-29-31-33-35-39(42)38(37-47(44,45)46)41-40(43)36-34-32-30-28-26-24-21-18-16-14-12-10-8-6-4-2/h33,35,38-39,42H,3-32,34,36-37H2,1-2H3,(H,41,43)(H,44,45,46)/b35-33+. The van der Waals surface area contributed by atoms with Crippen molar-refractivity contribution in [3.8, 4) is 0 Å². The van der Waals surface area contributed by atoms with Gasteiger partial charge in [-0.25, -0.2) is 0 Å². The second kappa shape index (κ2) is 34.9. The topological polar surface area (TPSA) is 104 Å². The molecule has 1 amide bonds. The van der Waals surface area contributed by atoms with Crippen molar-refractivity contribution < 1.29 is 22.9 Å². The summed E-state index contributed by atoms with van der Waals surface area (Å²) in [5, 5.41) is 13.2. The fourth-order valence-electron chi connectivity index (χ4n) is 6.39. The molecule has 0 radical (unpaired) electrons.